The largest absolute Gasteiger partial charge is 0.366 e. The molecule has 1 aromatic carbocycles. The molecule has 0 aromatic heterocycles. The van der Waals surface area contributed by atoms with Gasteiger partial charge in [0.15, 0.2) is 0 Å². The van der Waals surface area contributed by atoms with Gasteiger partial charge in [0.1, 0.15) is 6.10 Å². The standard InChI is InChI=1S/C15H20N2O2.ClH/c18-14(13-10-16-8-9-19-13)17-11-15(6-7-15)12-4-2-1-3-5-12;/h1-5,13,16H,6-11H2,(H,17,18);1H. The molecule has 1 heterocycles. The molecule has 20 heavy (non-hydrogen) atoms. The number of benzene rings is 1. The van der Waals surface area contributed by atoms with Crippen molar-refractivity contribution in [3.05, 3.63) is 35.9 Å². The fraction of sp³-hybridized carbons (Fsp3) is 0.533. The lowest BCUT2D eigenvalue weighted by molar-refractivity contribution is -0.134. The Morgan fingerprint density at radius 1 is 1.35 bits per heavy atom. The third-order valence-corrected chi connectivity index (χ3v) is 4.06. The summed E-state index contributed by atoms with van der Waals surface area (Å²) in [6.45, 7) is 2.78. The predicted octanol–water partition coefficient (Wildman–Crippen LogP) is 1.24. The van der Waals surface area contributed by atoms with Crippen LogP contribution < -0.4 is 10.6 Å². The molecule has 1 unspecified atom stereocenters. The lowest BCUT2D eigenvalue weighted by Crippen LogP contribution is -2.49. The van der Waals surface area contributed by atoms with Crippen molar-refractivity contribution in [1.29, 1.82) is 0 Å². The Morgan fingerprint density at radius 2 is 2.10 bits per heavy atom. The zero-order valence-electron chi connectivity index (χ0n) is 11.4. The highest BCUT2D eigenvalue weighted by Gasteiger charge is 2.44. The lowest BCUT2D eigenvalue weighted by atomic mass is 9.96. The molecule has 1 aliphatic heterocycles. The Balaban J connectivity index is 0.00000147. The molecule has 2 aliphatic rings. The Bertz CT molecular complexity index is 442. The van der Waals surface area contributed by atoms with E-state index in [1.165, 1.54) is 5.56 Å². The van der Waals surface area contributed by atoms with Gasteiger partial charge < -0.3 is 15.4 Å². The highest BCUT2D eigenvalue weighted by atomic mass is 35.5. The van der Waals surface area contributed by atoms with Crippen LogP contribution in [0, 0.1) is 0 Å². The van der Waals surface area contributed by atoms with Crippen molar-refractivity contribution in [1.82, 2.24) is 10.6 Å². The lowest BCUT2D eigenvalue weighted by Gasteiger charge is -2.24. The van der Waals surface area contributed by atoms with Crippen LogP contribution in [-0.2, 0) is 14.9 Å². The van der Waals surface area contributed by atoms with Crippen molar-refractivity contribution < 1.29 is 9.53 Å². The molecule has 3 rings (SSSR count). The Labute approximate surface area is 125 Å². The number of carbonyl (C=O) groups is 1. The molecule has 1 aliphatic carbocycles. The zero-order chi connectivity index (χ0) is 13.1. The van der Waals surface area contributed by atoms with E-state index in [-0.39, 0.29) is 29.8 Å². The van der Waals surface area contributed by atoms with Gasteiger partial charge in [0.05, 0.1) is 6.61 Å². The van der Waals surface area contributed by atoms with Crippen LogP contribution in [0.25, 0.3) is 0 Å². The second kappa shape index (κ2) is 6.57. The monoisotopic (exact) mass is 296 g/mol. The van der Waals surface area contributed by atoms with Gasteiger partial charge in [-0.25, -0.2) is 0 Å². The van der Waals surface area contributed by atoms with Crippen molar-refractivity contribution in [2.24, 2.45) is 0 Å². The summed E-state index contributed by atoms with van der Waals surface area (Å²) < 4.78 is 5.46. The minimum Gasteiger partial charge on any atom is -0.366 e. The van der Waals surface area contributed by atoms with Gasteiger partial charge in [-0.05, 0) is 18.4 Å². The average molecular weight is 297 g/mol. The molecule has 5 heteroatoms. The fourth-order valence-corrected chi connectivity index (χ4v) is 2.61. The molecule has 1 saturated heterocycles. The summed E-state index contributed by atoms with van der Waals surface area (Å²) in [6.07, 6.45) is 1.97. The van der Waals surface area contributed by atoms with Crippen molar-refractivity contribution in [3.63, 3.8) is 0 Å². The first-order valence-electron chi connectivity index (χ1n) is 6.96. The van der Waals surface area contributed by atoms with Crippen LogP contribution in [0.5, 0.6) is 0 Å². The first-order chi connectivity index (χ1) is 9.30. The second-order valence-corrected chi connectivity index (χ2v) is 5.43. The van der Waals surface area contributed by atoms with Crippen LogP contribution in [-0.4, -0.2) is 38.3 Å². The van der Waals surface area contributed by atoms with Crippen LogP contribution in [0.1, 0.15) is 18.4 Å². The molecule has 1 aromatic rings. The van der Waals surface area contributed by atoms with E-state index in [2.05, 4.69) is 34.9 Å². The molecule has 4 nitrogen and oxygen atoms in total. The quantitative estimate of drug-likeness (QED) is 0.879. The molecule has 0 spiro atoms. The van der Waals surface area contributed by atoms with Gasteiger partial charge in [-0.3, -0.25) is 4.79 Å². The number of halogens is 1. The molecule has 1 amide bonds. The van der Waals surface area contributed by atoms with Gasteiger partial charge in [0.2, 0.25) is 5.91 Å². The Hall–Kier alpha value is -1.10. The summed E-state index contributed by atoms with van der Waals surface area (Å²) in [5.74, 6) is 0.00871. The van der Waals surface area contributed by atoms with E-state index in [1.54, 1.807) is 0 Å². The highest BCUT2D eigenvalue weighted by molar-refractivity contribution is 5.85. The highest BCUT2D eigenvalue weighted by Crippen LogP contribution is 2.47. The molecular formula is C15H21ClN2O2. The number of carbonyl (C=O) groups excluding carboxylic acids is 1. The summed E-state index contributed by atoms with van der Waals surface area (Å²) in [7, 11) is 0. The number of amides is 1. The van der Waals surface area contributed by atoms with Crippen molar-refractivity contribution >= 4 is 18.3 Å². The minimum atomic E-state index is -0.333. The first kappa shape index (κ1) is 15.3. The third-order valence-electron chi connectivity index (χ3n) is 4.06. The molecule has 2 fully saturated rings. The maximum Gasteiger partial charge on any atom is 0.250 e. The summed E-state index contributed by atoms with van der Waals surface area (Å²) >= 11 is 0. The summed E-state index contributed by atoms with van der Waals surface area (Å²) in [4.78, 5) is 12.0. The van der Waals surface area contributed by atoms with E-state index >= 15 is 0 Å². The van der Waals surface area contributed by atoms with E-state index in [0.717, 1.165) is 25.9 Å². The van der Waals surface area contributed by atoms with Gasteiger partial charge in [0.25, 0.3) is 0 Å². The van der Waals surface area contributed by atoms with Gasteiger partial charge in [-0.2, -0.15) is 0 Å². The van der Waals surface area contributed by atoms with Crippen LogP contribution in [0.3, 0.4) is 0 Å². The summed E-state index contributed by atoms with van der Waals surface area (Å²) in [5, 5.41) is 6.22. The SMILES string of the molecule is Cl.O=C(NCC1(c2ccccc2)CC1)C1CNCCO1. The van der Waals surface area contributed by atoms with E-state index in [9.17, 15) is 4.79 Å². The molecule has 0 bridgehead atoms. The third kappa shape index (κ3) is 3.32. The van der Waals surface area contributed by atoms with E-state index in [1.807, 2.05) is 6.07 Å². The normalized spacial score (nSPS) is 23.5. The Kier molecular flexibility index (Phi) is 5.02. The van der Waals surface area contributed by atoms with E-state index in [4.69, 9.17) is 4.74 Å². The van der Waals surface area contributed by atoms with Crippen LogP contribution in [0.2, 0.25) is 0 Å². The molecule has 1 atom stereocenters. The molecule has 110 valence electrons. The van der Waals surface area contributed by atoms with Gasteiger partial charge in [-0.15, -0.1) is 12.4 Å². The van der Waals surface area contributed by atoms with E-state index < -0.39 is 0 Å². The smallest absolute Gasteiger partial charge is 0.250 e. The van der Waals surface area contributed by atoms with Crippen LogP contribution in [0.4, 0.5) is 0 Å². The second-order valence-electron chi connectivity index (χ2n) is 5.43. The molecule has 1 saturated carbocycles. The Morgan fingerprint density at radius 3 is 2.70 bits per heavy atom. The number of morpholine rings is 1. The van der Waals surface area contributed by atoms with Gasteiger partial charge in [0, 0.05) is 25.0 Å². The number of hydrogen-bond donors (Lipinski definition) is 2. The number of rotatable bonds is 4. The fourth-order valence-electron chi connectivity index (χ4n) is 2.61. The maximum atomic E-state index is 12.0. The van der Waals surface area contributed by atoms with Crippen molar-refractivity contribution in [3.8, 4) is 0 Å². The average Bonchev–Trinajstić information content (AvgIpc) is 3.28. The topological polar surface area (TPSA) is 50.4 Å². The summed E-state index contributed by atoms with van der Waals surface area (Å²) in [5.41, 5.74) is 1.50. The van der Waals surface area contributed by atoms with Crippen LogP contribution >= 0.6 is 12.4 Å². The molecule has 2 N–H and O–H groups in total. The summed E-state index contributed by atoms with van der Waals surface area (Å²) in [6, 6.07) is 10.5. The molecule has 0 radical (unpaired) electrons. The minimum absolute atomic E-state index is 0. The number of nitrogens with one attached hydrogen (secondary N) is 2. The first-order valence-corrected chi connectivity index (χ1v) is 6.96. The maximum absolute atomic E-state index is 12.0. The zero-order valence-corrected chi connectivity index (χ0v) is 12.2. The van der Waals surface area contributed by atoms with Gasteiger partial charge >= 0.3 is 0 Å². The molecular weight excluding hydrogens is 276 g/mol. The number of hydrogen-bond acceptors (Lipinski definition) is 3. The van der Waals surface area contributed by atoms with Gasteiger partial charge in [-0.1, -0.05) is 30.3 Å². The van der Waals surface area contributed by atoms with Crippen molar-refractivity contribution in [2.75, 3.05) is 26.2 Å². The van der Waals surface area contributed by atoms with Crippen molar-refractivity contribution in [2.45, 2.75) is 24.4 Å². The predicted molar refractivity (Wildman–Crippen MR) is 80.2 cm³/mol. The van der Waals surface area contributed by atoms with E-state index in [0.29, 0.717) is 13.2 Å². The van der Waals surface area contributed by atoms with Crippen LogP contribution in [0.15, 0.2) is 30.3 Å². The number of ether oxygens (including phenoxy) is 1.